The van der Waals surface area contributed by atoms with Crippen LogP contribution in [0.1, 0.15) is 36.8 Å². The molecule has 206 valence electrons. The number of benzene rings is 1. The van der Waals surface area contributed by atoms with Gasteiger partial charge in [-0.2, -0.15) is 13.2 Å². The van der Waals surface area contributed by atoms with E-state index >= 15 is 0 Å². The summed E-state index contributed by atoms with van der Waals surface area (Å²) in [5.41, 5.74) is -0.595. The van der Waals surface area contributed by atoms with Gasteiger partial charge in [-0.1, -0.05) is 24.6 Å². The number of hydrogen-bond donors (Lipinski definition) is 1. The largest absolute Gasteiger partial charge is 0.491 e. The molecule has 1 aromatic carbocycles. The number of rotatable bonds is 14. The molecule has 0 saturated carbocycles. The summed E-state index contributed by atoms with van der Waals surface area (Å²) in [5, 5.41) is -0.376. The van der Waals surface area contributed by atoms with Gasteiger partial charge in [0.1, 0.15) is 23.1 Å². The number of pyridine rings is 1. The summed E-state index contributed by atoms with van der Waals surface area (Å²) >= 11 is 5.99. The van der Waals surface area contributed by atoms with Crippen LogP contribution in [-0.4, -0.2) is 59.1 Å². The molecule has 1 N–H and O–H groups in total. The maximum atomic E-state index is 13.0. The highest BCUT2D eigenvalue weighted by molar-refractivity contribution is 7.90. The minimum Gasteiger partial charge on any atom is -0.491 e. The number of halogens is 4. The van der Waals surface area contributed by atoms with Crippen LogP contribution in [0.5, 0.6) is 17.4 Å². The third-order valence-electron chi connectivity index (χ3n) is 4.94. The Hall–Kier alpha value is -2.61. The van der Waals surface area contributed by atoms with Crippen molar-refractivity contribution in [2.24, 2.45) is 0 Å². The smallest absolute Gasteiger partial charge is 0.417 e. The Kier molecular flexibility index (Phi) is 11.4. The van der Waals surface area contributed by atoms with Crippen molar-refractivity contribution in [1.29, 1.82) is 0 Å². The molecule has 1 atom stereocenters. The van der Waals surface area contributed by atoms with Crippen molar-refractivity contribution in [3.63, 3.8) is 0 Å². The standard InChI is InChI=1S/C23H28ClF3N2O7S/c1-15(11-21(30)29-37(31,32)10-4-7-33-2)18-6-5-17(35-9-8-34-3)13-20(18)36-22-19(24)12-16(14-28-22)23(25,26)27/h5-6,12-15H,4,7-11H2,1-3H3,(H,29,30). The molecule has 0 spiro atoms. The van der Waals surface area contributed by atoms with Crippen LogP contribution in [0.4, 0.5) is 13.2 Å². The number of carbonyl (C=O) groups excluding carboxylic acids is 1. The second-order valence-corrected chi connectivity index (χ2v) is 10.2. The van der Waals surface area contributed by atoms with Crippen LogP contribution in [0.3, 0.4) is 0 Å². The number of alkyl halides is 3. The number of ether oxygens (including phenoxy) is 4. The fraction of sp³-hybridized carbons (Fsp3) is 0.478. The zero-order chi connectivity index (χ0) is 27.6. The molecule has 14 heteroatoms. The number of nitrogens with zero attached hydrogens (tertiary/aromatic N) is 1. The lowest BCUT2D eigenvalue weighted by molar-refractivity contribution is -0.137. The summed E-state index contributed by atoms with van der Waals surface area (Å²) in [4.78, 5) is 16.1. The van der Waals surface area contributed by atoms with Crippen LogP contribution >= 0.6 is 11.6 Å². The lowest BCUT2D eigenvalue weighted by atomic mass is 9.96. The Labute approximate surface area is 218 Å². The Morgan fingerprint density at radius 3 is 2.46 bits per heavy atom. The van der Waals surface area contributed by atoms with Crippen LogP contribution < -0.4 is 14.2 Å². The van der Waals surface area contributed by atoms with Gasteiger partial charge in [0.25, 0.3) is 0 Å². The quantitative estimate of drug-likeness (QED) is 0.330. The fourth-order valence-electron chi connectivity index (χ4n) is 3.15. The van der Waals surface area contributed by atoms with Gasteiger partial charge in [0.15, 0.2) is 0 Å². The fourth-order valence-corrected chi connectivity index (χ4v) is 4.39. The predicted octanol–water partition coefficient (Wildman–Crippen LogP) is 4.55. The van der Waals surface area contributed by atoms with E-state index in [0.717, 1.165) is 0 Å². The van der Waals surface area contributed by atoms with E-state index in [1.54, 1.807) is 19.1 Å². The topological polar surface area (TPSA) is 113 Å². The molecule has 0 fully saturated rings. The number of sulfonamides is 1. The second-order valence-electron chi connectivity index (χ2n) is 7.95. The van der Waals surface area contributed by atoms with Gasteiger partial charge in [-0.3, -0.25) is 9.52 Å². The molecule has 9 nitrogen and oxygen atoms in total. The summed E-state index contributed by atoms with van der Waals surface area (Å²) in [6.45, 7) is 2.41. The van der Waals surface area contributed by atoms with Crippen molar-refractivity contribution < 1.29 is 45.3 Å². The highest BCUT2D eigenvalue weighted by atomic mass is 35.5. The maximum Gasteiger partial charge on any atom is 0.417 e. The third-order valence-corrected chi connectivity index (χ3v) is 6.57. The van der Waals surface area contributed by atoms with E-state index in [2.05, 4.69) is 4.98 Å². The van der Waals surface area contributed by atoms with Crippen LogP contribution in [0.25, 0.3) is 0 Å². The van der Waals surface area contributed by atoms with Crippen molar-refractivity contribution in [2.75, 3.05) is 39.8 Å². The second kappa shape index (κ2) is 13.8. The molecule has 37 heavy (non-hydrogen) atoms. The van der Waals surface area contributed by atoms with Crippen molar-refractivity contribution in [3.8, 4) is 17.4 Å². The van der Waals surface area contributed by atoms with Gasteiger partial charge in [-0.25, -0.2) is 13.4 Å². The molecule has 1 heterocycles. The number of methoxy groups -OCH3 is 2. The summed E-state index contributed by atoms with van der Waals surface area (Å²) in [7, 11) is -0.901. The lowest BCUT2D eigenvalue weighted by Crippen LogP contribution is -2.33. The van der Waals surface area contributed by atoms with Crippen LogP contribution in [0.15, 0.2) is 30.5 Å². The first-order valence-electron chi connectivity index (χ1n) is 11.0. The molecule has 0 bridgehead atoms. The van der Waals surface area contributed by atoms with E-state index in [-0.39, 0.29) is 48.5 Å². The lowest BCUT2D eigenvalue weighted by Gasteiger charge is -2.18. The molecule has 2 rings (SSSR count). The molecule has 0 radical (unpaired) electrons. The maximum absolute atomic E-state index is 13.0. The summed E-state index contributed by atoms with van der Waals surface area (Å²) in [6, 6.07) is 5.36. The summed E-state index contributed by atoms with van der Waals surface area (Å²) in [6.07, 6.45) is -4.05. The van der Waals surface area contributed by atoms with Gasteiger partial charge in [-0.15, -0.1) is 0 Å². The molecule has 1 unspecified atom stereocenters. The van der Waals surface area contributed by atoms with Gasteiger partial charge < -0.3 is 18.9 Å². The van der Waals surface area contributed by atoms with E-state index in [1.165, 1.54) is 20.3 Å². The number of aromatic nitrogens is 1. The summed E-state index contributed by atoms with van der Waals surface area (Å²) in [5.74, 6) is -1.39. The summed E-state index contributed by atoms with van der Waals surface area (Å²) < 4.78 is 86.2. The normalized spacial score (nSPS) is 12.7. The Bertz CT molecular complexity index is 1160. The van der Waals surface area contributed by atoms with E-state index in [9.17, 15) is 26.4 Å². The minimum absolute atomic E-state index is 0.118. The van der Waals surface area contributed by atoms with Crippen molar-refractivity contribution in [2.45, 2.75) is 31.9 Å². The van der Waals surface area contributed by atoms with Crippen LogP contribution in [0, 0.1) is 0 Å². The molecule has 0 saturated heterocycles. The Morgan fingerprint density at radius 1 is 1.14 bits per heavy atom. The van der Waals surface area contributed by atoms with Crippen molar-refractivity contribution in [3.05, 3.63) is 46.6 Å². The number of amides is 1. The highest BCUT2D eigenvalue weighted by Gasteiger charge is 2.32. The van der Waals surface area contributed by atoms with E-state index in [0.29, 0.717) is 30.2 Å². The molecule has 0 aliphatic carbocycles. The number of nitrogens with one attached hydrogen (secondary N) is 1. The first kappa shape index (κ1) is 30.6. The zero-order valence-corrected chi connectivity index (χ0v) is 22.0. The van der Waals surface area contributed by atoms with Crippen molar-refractivity contribution in [1.82, 2.24) is 9.71 Å². The van der Waals surface area contributed by atoms with Crippen LogP contribution in [0.2, 0.25) is 5.02 Å². The highest BCUT2D eigenvalue weighted by Crippen LogP contribution is 2.38. The molecule has 1 amide bonds. The van der Waals surface area contributed by atoms with Crippen LogP contribution in [-0.2, 0) is 30.5 Å². The average Bonchev–Trinajstić information content (AvgIpc) is 2.79. The molecular weight excluding hydrogens is 541 g/mol. The molecular formula is C23H28ClF3N2O7S. The van der Waals surface area contributed by atoms with E-state index < -0.39 is 33.6 Å². The van der Waals surface area contributed by atoms with Gasteiger partial charge in [0.05, 0.1) is 17.9 Å². The number of carbonyl (C=O) groups is 1. The predicted molar refractivity (Wildman–Crippen MR) is 130 cm³/mol. The minimum atomic E-state index is -4.64. The molecule has 2 aromatic rings. The SMILES string of the molecule is COCCCS(=O)(=O)NC(=O)CC(C)c1ccc(OCCOC)cc1Oc1ncc(C(F)(F)F)cc1Cl. The Balaban J connectivity index is 2.27. The van der Waals surface area contributed by atoms with Gasteiger partial charge in [-0.05, 0) is 30.0 Å². The monoisotopic (exact) mass is 568 g/mol. The van der Waals surface area contributed by atoms with Crippen molar-refractivity contribution >= 4 is 27.5 Å². The first-order chi connectivity index (χ1) is 17.4. The number of hydrogen-bond acceptors (Lipinski definition) is 8. The Morgan fingerprint density at radius 2 is 1.84 bits per heavy atom. The van der Waals surface area contributed by atoms with E-state index in [1.807, 2.05) is 4.72 Å². The zero-order valence-electron chi connectivity index (χ0n) is 20.4. The van der Waals surface area contributed by atoms with E-state index in [4.69, 9.17) is 30.5 Å². The molecule has 0 aliphatic rings. The molecule has 1 aromatic heterocycles. The molecule has 0 aliphatic heterocycles. The van der Waals surface area contributed by atoms with Gasteiger partial charge in [0, 0.05) is 39.5 Å². The first-order valence-corrected chi connectivity index (χ1v) is 13.1. The third kappa shape index (κ3) is 9.99. The van der Waals surface area contributed by atoms with Gasteiger partial charge in [0.2, 0.25) is 21.8 Å². The average molecular weight is 569 g/mol. The van der Waals surface area contributed by atoms with Gasteiger partial charge >= 0.3 is 6.18 Å².